The third-order valence-electron chi connectivity index (χ3n) is 1.97. The highest BCUT2D eigenvalue weighted by Gasteiger charge is 2.22. The number of phenolic OH excluding ortho intramolecular Hbond substituents is 1. The SMILES string of the molecule is ClC(Cl)Cl.O=C(O)C(Cc1ccc(O)cc1)NS(=O)(=O)O. The molecule has 0 fully saturated rings. The number of halogens is 3. The Morgan fingerprint density at radius 3 is 1.95 bits per heavy atom. The van der Waals surface area contributed by atoms with Crippen molar-refractivity contribution in [3.63, 3.8) is 0 Å². The Hall–Kier alpha value is -0.770. The number of alkyl halides is 3. The number of aliphatic carboxylic acids is 1. The van der Waals surface area contributed by atoms with E-state index in [1.807, 2.05) is 0 Å². The summed E-state index contributed by atoms with van der Waals surface area (Å²) in [4.78, 5) is 10.8. The van der Waals surface area contributed by atoms with Crippen LogP contribution in [0.25, 0.3) is 0 Å². The zero-order valence-corrected chi connectivity index (χ0v) is 13.4. The summed E-state index contributed by atoms with van der Waals surface area (Å²) < 4.78 is 30.4. The van der Waals surface area contributed by atoms with Crippen molar-refractivity contribution >= 4 is 51.1 Å². The van der Waals surface area contributed by atoms with Gasteiger partial charge >= 0.3 is 16.3 Å². The first-order chi connectivity index (χ1) is 9.51. The normalized spacial score (nSPS) is 12.4. The van der Waals surface area contributed by atoms with Gasteiger partial charge in [0.05, 0.1) is 0 Å². The lowest BCUT2D eigenvalue weighted by atomic mass is 10.1. The number of carboxylic acids is 1. The van der Waals surface area contributed by atoms with Crippen molar-refractivity contribution in [3.8, 4) is 5.75 Å². The zero-order chi connectivity index (χ0) is 16.6. The molecule has 0 heterocycles. The highest BCUT2D eigenvalue weighted by atomic mass is 35.6. The topological polar surface area (TPSA) is 124 Å². The van der Waals surface area contributed by atoms with Gasteiger partial charge in [-0.1, -0.05) is 46.9 Å². The summed E-state index contributed by atoms with van der Waals surface area (Å²) in [5, 5.41) is 17.8. The molecule has 0 aliphatic carbocycles. The van der Waals surface area contributed by atoms with Gasteiger partial charge in [0.1, 0.15) is 11.8 Å². The predicted octanol–water partition coefficient (Wildman–Crippen LogP) is 1.77. The van der Waals surface area contributed by atoms with Crippen molar-refractivity contribution in [2.45, 2.75) is 16.8 Å². The van der Waals surface area contributed by atoms with Crippen LogP contribution in [0.2, 0.25) is 0 Å². The van der Waals surface area contributed by atoms with Crippen molar-refractivity contribution < 1.29 is 28.0 Å². The van der Waals surface area contributed by atoms with Gasteiger partial charge in [0.25, 0.3) is 0 Å². The summed E-state index contributed by atoms with van der Waals surface area (Å²) in [5.74, 6) is -1.39. The molecule has 120 valence electrons. The molecule has 7 nitrogen and oxygen atoms in total. The monoisotopic (exact) mass is 379 g/mol. The van der Waals surface area contributed by atoms with Crippen LogP contribution in [-0.2, 0) is 21.5 Å². The third-order valence-corrected chi connectivity index (χ3v) is 2.55. The molecule has 0 aliphatic rings. The maximum absolute atomic E-state index is 10.8. The van der Waals surface area contributed by atoms with Crippen molar-refractivity contribution in [2.24, 2.45) is 0 Å². The minimum atomic E-state index is -4.58. The molecular weight excluding hydrogens is 369 g/mol. The van der Waals surface area contributed by atoms with Crippen LogP contribution < -0.4 is 4.72 Å². The van der Waals surface area contributed by atoms with Crippen LogP contribution in [0.1, 0.15) is 5.56 Å². The largest absolute Gasteiger partial charge is 0.508 e. The second-order valence-corrected chi connectivity index (χ2v) is 6.77. The molecule has 0 saturated heterocycles. The smallest absolute Gasteiger partial charge is 0.334 e. The van der Waals surface area contributed by atoms with Gasteiger partial charge in [-0.2, -0.15) is 13.1 Å². The number of benzene rings is 1. The van der Waals surface area contributed by atoms with Crippen molar-refractivity contribution in [3.05, 3.63) is 29.8 Å². The number of hydrogen-bond acceptors (Lipinski definition) is 4. The third kappa shape index (κ3) is 11.6. The van der Waals surface area contributed by atoms with E-state index in [4.69, 9.17) is 49.6 Å². The fourth-order valence-corrected chi connectivity index (χ4v) is 1.77. The second-order valence-electron chi connectivity index (χ2n) is 3.60. The number of aromatic hydroxyl groups is 1. The van der Waals surface area contributed by atoms with E-state index in [-0.39, 0.29) is 12.2 Å². The molecule has 11 heteroatoms. The lowest BCUT2D eigenvalue weighted by molar-refractivity contribution is -0.139. The van der Waals surface area contributed by atoms with E-state index in [2.05, 4.69) is 0 Å². The van der Waals surface area contributed by atoms with E-state index < -0.39 is 26.6 Å². The summed E-state index contributed by atoms with van der Waals surface area (Å²) in [6, 6.07) is 4.15. The van der Waals surface area contributed by atoms with E-state index in [0.717, 1.165) is 0 Å². The molecule has 1 unspecified atom stereocenters. The van der Waals surface area contributed by atoms with E-state index in [1.165, 1.54) is 24.3 Å². The van der Waals surface area contributed by atoms with Crippen molar-refractivity contribution in [1.82, 2.24) is 4.72 Å². The zero-order valence-electron chi connectivity index (χ0n) is 10.3. The molecule has 0 aromatic heterocycles. The fourth-order valence-electron chi connectivity index (χ4n) is 1.23. The van der Waals surface area contributed by atoms with Gasteiger partial charge < -0.3 is 10.2 Å². The Balaban J connectivity index is 0.000000885. The van der Waals surface area contributed by atoms with Crippen LogP contribution in [0.15, 0.2) is 24.3 Å². The van der Waals surface area contributed by atoms with Gasteiger partial charge in [0.2, 0.25) is 0 Å². The van der Waals surface area contributed by atoms with Crippen LogP contribution in [0.5, 0.6) is 5.75 Å². The molecule has 1 atom stereocenters. The molecule has 1 aromatic rings. The van der Waals surface area contributed by atoms with E-state index >= 15 is 0 Å². The molecule has 0 spiro atoms. The fraction of sp³-hybridized carbons (Fsp3) is 0.300. The summed E-state index contributed by atoms with van der Waals surface area (Å²) in [6.45, 7) is 0. The average molecular weight is 381 g/mol. The summed E-state index contributed by atoms with van der Waals surface area (Å²) in [7, 11) is -4.58. The lowest BCUT2D eigenvalue weighted by Crippen LogP contribution is -2.41. The standard InChI is InChI=1S/C9H11NO6S.CHCl3/c11-7-3-1-6(2-4-7)5-8(9(12)13)10-17(14,15)16;2-1(3)4/h1-4,8,10-11H,5H2,(H,12,13)(H,14,15,16);1H. The number of phenols is 1. The Kier molecular flexibility index (Phi) is 8.95. The highest BCUT2D eigenvalue weighted by Crippen LogP contribution is 2.11. The Labute approximate surface area is 136 Å². The number of carboxylic acid groups (broad SMARTS) is 1. The first-order valence-electron chi connectivity index (χ1n) is 5.19. The number of nitrogens with one attached hydrogen (secondary N) is 1. The number of carbonyl (C=O) groups is 1. The minimum Gasteiger partial charge on any atom is -0.508 e. The Morgan fingerprint density at radius 1 is 1.19 bits per heavy atom. The highest BCUT2D eigenvalue weighted by molar-refractivity contribution is 7.83. The first kappa shape index (κ1) is 20.2. The molecule has 1 rings (SSSR count). The van der Waals surface area contributed by atoms with E-state index in [0.29, 0.717) is 5.56 Å². The molecule has 4 N–H and O–H groups in total. The van der Waals surface area contributed by atoms with Crippen molar-refractivity contribution in [2.75, 3.05) is 0 Å². The quantitative estimate of drug-likeness (QED) is 0.456. The summed E-state index contributed by atoms with van der Waals surface area (Å²) in [5.41, 5.74) is 0.506. The number of rotatable bonds is 5. The van der Waals surface area contributed by atoms with Gasteiger partial charge in [-0.15, -0.1) is 0 Å². The number of hydrogen-bond donors (Lipinski definition) is 4. The predicted molar refractivity (Wildman–Crippen MR) is 79.3 cm³/mol. The first-order valence-corrected chi connectivity index (χ1v) is 7.94. The minimum absolute atomic E-state index is 0.0170. The van der Waals surface area contributed by atoms with E-state index in [1.54, 1.807) is 4.72 Å². The maximum Gasteiger partial charge on any atom is 0.334 e. The molecule has 0 radical (unpaired) electrons. The van der Waals surface area contributed by atoms with Crippen LogP contribution in [0.4, 0.5) is 0 Å². The van der Waals surface area contributed by atoms with Gasteiger partial charge in [-0.05, 0) is 24.1 Å². The van der Waals surface area contributed by atoms with Gasteiger partial charge in [0, 0.05) is 0 Å². The Bertz CT molecular complexity index is 546. The molecule has 0 aliphatic heterocycles. The lowest BCUT2D eigenvalue weighted by Gasteiger charge is -2.11. The van der Waals surface area contributed by atoms with Crippen LogP contribution >= 0.6 is 34.8 Å². The summed E-state index contributed by atoms with van der Waals surface area (Å²) in [6.07, 6.45) is -0.143. The van der Waals surface area contributed by atoms with E-state index in [9.17, 15) is 13.2 Å². The average Bonchev–Trinajstić information content (AvgIpc) is 2.28. The Morgan fingerprint density at radius 2 is 1.62 bits per heavy atom. The molecular formula is C10H12Cl3NO6S. The molecule has 0 bridgehead atoms. The van der Waals surface area contributed by atoms with Gasteiger partial charge in [-0.25, -0.2) is 0 Å². The second kappa shape index (κ2) is 9.29. The molecule has 0 saturated carbocycles. The van der Waals surface area contributed by atoms with Crippen molar-refractivity contribution in [1.29, 1.82) is 0 Å². The molecule has 1 aromatic carbocycles. The van der Waals surface area contributed by atoms with Gasteiger partial charge in [-0.3, -0.25) is 9.35 Å². The summed E-state index contributed by atoms with van der Waals surface area (Å²) >= 11 is 14.4. The molecule has 0 amide bonds. The van der Waals surface area contributed by atoms with Crippen LogP contribution in [0.3, 0.4) is 0 Å². The van der Waals surface area contributed by atoms with Crippen LogP contribution in [0, 0.1) is 0 Å². The van der Waals surface area contributed by atoms with Crippen LogP contribution in [-0.4, -0.2) is 39.5 Å². The molecule has 21 heavy (non-hydrogen) atoms. The maximum atomic E-state index is 10.8. The van der Waals surface area contributed by atoms with Gasteiger partial charge in [0.15, 0.2) is 4.30 Å².